The third kappa shape index (κ3) is 3.81. The number of aryl methyl sites for hydroxylation is 1. The molecule has 0 fully saturated rings. The highest BCUT2D eigenvalue weighted by Crippen LogP contribution is 2.36. The molecular weight excluding hydrogens is 364 g/mol. The summed E-state index contributed by atoms with van der Waals surface area (Å²) in [6.07, 6.45) is 4.15. The molecule has 0 radical (unpaired) electrons. The lowest BCUT2D eigenvalue weighted by Crippen LogP contribution is -2.13. The van der Waals surface area contributed by atoms with Crippen molar-refractivity contribution in [3.05, 3.63) is 51.1 Å². The molecule has 3 aromatic rings. The summed E-state index contributed by atoms with van der Waals surface area (Å²) < 4.78 is 5.70. The third-order valence-corrected chi connectivity index (χ3v) is 6.79. The van der Waals surface area contributed by atoms with Crippen LogP contribution in [0.15, 0.2) is 40.3 Å². The number of aromatic nitrogens is 2. The van der Waals surface area contributed by atoms with E-state index in [1.54, 1.807) is 23.1 Å². The quantitative estimate of drug-likeness (QED) is 0.380. The smallest absolute Gasteiger partial charge is 0.260 e. The van der Waals surface area contributed by atoms with E-state index in [-0.39, 0.29) is 5.56 Å². The molecular formula is C20H22N2O2S2. The number of hydrogen-bond donors (Lipinski definition) is 1. The number of fused-ring (bicyclic) bond motifs is 3. The number of ether oxygens (including phenoxy) is 1. The first-order valence-electron chi connectivity index (χ1n) is 9.06. The van der Waals surface area contributed by atoms with Gasteiger partial charge in [-0.05, 0) is 49.3 Å². The molecule has 0 spiro atoms. The van der Waals surface area contributed by atoms with Crippen molar-refractivity contribution in [2.45, 2.75) is 37.8 Å². The van der Waals surface area contributed by atoms with Crippen LogP contribution in [0.1, 0.15) is 30.2 Å². The monoisotopic (exact) mass is 386 g/mol. The van der Waals surface area contributed by atoms with Crippen molar-refractivity contribution < 1.29 is 4.74 Å². The average Bonchev–Trinajstić information content (AvgIpc) is 3.00. The van der Waals surface area contributed by atoms with Crippen LogP contribution in [0.4, 0.5) is 0 Å². The van der Waals surface area contributed by atoms with E-state index in [4.69, 9.17) is 9.72 Å². The fourth-order valence-electron chi connectivity index (χ4n) is 3.33. The fraction of sp³-hybridized carbons (Fsp3) is 0.400. The Morgan fingerprint density at radius 1 is 1.35 bits per heavy atom. The normalized spacial score (nSPS) is 16.6. The van der Waals surface area contributed by atoms with Crippen LogP contribution in [0.3, 0.4) is 0 Å². The number of rotatable bonds is 6. The maximum Gasteiger partial charge on any atom is 0.260 e. The lowest BCUT2D eigenvalue weighted by atomic mass is 9.89. The minimum absolute atomic E-state index is 0.0186. The lowest BCUT2D eigenvalue weighted by Gasteiger charge is -2.17. The molecule has 0 aliphatic heterocycles. The molecule has 6 heteroatoms. The predicted molar refractivity (Wildman–Crippen MR) is 109 cm³/mol. The van der Waals surface area contributed by atoms with E-state index in [9.17, 15) is 4.79 Å². The van der Waals surface area contributed by atoms with Crippen LogP contribution in [-0.2, 0) is 12.8 Å². The van der Waals surface area contributed by atoms with Gasteiger partial charge in [-0.3, -0.25) is 4.79 Å². The van der Waals surface area contributed by atoms with Crippen LogP contribution in [-0.4, -0.2) is 22.3 Å². The number of para-hydroxylation sites is 1. The lowest BCUT2D eigenvalue weighted by molar-refractivity contribution is 0.318. The number of hydrogen-bond acceptors (Lipinski definition) is 5. The van der Waals surface area contributed by atoms with Gasteiger partial charge in [-0.1, -0.05) is 36.9 Å². The van der Waals surface area contributed by atoms with E-state index in [1.165, 1.54) is 10.4 Å². The minimum atomic E-state index is 0.0186. The number of benzene rings is 1. The summed E-state index contributed by atoms with van der Waals surface area (Å²) in [5.74, 6) is 2.46. The first kappa shape index (κ1) is 17.6. The van der Waals surface area contributed by atoms with Crippen molar-refractivity contribution in [2.24, 2.45) is 5.92 Å². The Balaban J connectivity index is 1.39. The molecule has 0 saturated carbocycles. The molecule has 1 N–H and O–H groups in total. The summed E-state index contributed by atoms with van der Waals surface area (Å²) >= 11 is 3.29. The highest BCUT2D eigenvalue weighted by atomic mass is 32.2. The van der Waals surface area contributed by atoms with Gasteiger partial charge in [0.1, 0.15) is 10.6 Å². The van der Waals surface area contributed by atoms with Gasteiger partial charge in [0.05, 0.1) is 12.0 Å². The van der Waals surface area contributed by atoms with Gasteiger partial charge in [-0.25, -0.2) is 4.98 Å². The Hall–Kier alpha value is -1.79. The zero-order chi connectivity index (χ0) is 17.9. The highest BCUT2D eigenvalue weighted by molar-refractivity contribution is 7.99. The summed E-state index contributed by atoms with van der Waals surface area (Å²) in [4.78, 5) is 22.5. The molecule has 0 saturated heterocycles. The zero-order valence-corrected chi connectivity index (χ0v) is 16.4. The number of nitrogens with one attached hydrogen (secondary N) is 1. The summed E-state index contributed by atoms with van der Waals surface area (Å²) in [6, 6.07) is 9.83. The topological polar surface area (TPSA) is 55.0 Å². The molecule has 26 heavy (non-hydrogen) atoms. The maximum atomic E-state index is 12.6. The largest absolute Gasteiger partial charge is 0.494 e. The molecule has 1 aliphatic carbocycles. The third-order valence-electron chi connectivity index (χ3n) is 4.68. The van der Waals surface area contributed by atoms with Gasteiger partial charge in [0.2, 0.25) is 0 Å². The van der Waals surface area contributed by atoms with Crippen molar-refractivity contribution in [1.82, 2.24) is 9.97 Å². The number of thiophene rings is 1. The molecule has 136 valence electrons. The summed E-state index contributed by atoms with van der Waals surface area (Å²) in [6.45, 7) is 2.94. The first-order chi connectivity index (χ1) is 12.7. The SMILES string of the molecule is CC1CCc2c(sc3nc(SCCCOc4ccccc4)[nH]c(=O)c23)C1. The first-order valence-corrected chi connectivity index (χ1v) is 10.9. The minimum Gasteiger partial charge on any atom is -0.494 e. The van der Waals surface area contributed by atoms with Crippen molar-refractivity contribution in [2.75, 3.05) is 12.4 Å². The molecule has 4 nitrogen and oxygen atoms in total. The standard InChI is InChI=1S/C20H22N2O2S2/c1-13-8-9-15-16(12-13)26-19-17(15)18(23)21-20(22-19)25-11-5-10-24-14-6-3-2-4-7-14/h2-4,6-7,13H,5,8-12H2,1H3,(H,21,22,23). The molecule has 1 aromatic carbocycles. The van der Waals surface area contributed by atoms with Crippen LogP contribution >= 0.6 is 23.1 Å². The van der Waals surface area contributed by atoms with Gasteiger partial charge in [-0.15, -0.1) is 11.3 Å². The number of nitrogens with zero attached hydrogens (tertiary/aromatic N) is 1. The second-order valence-electron chi connectivity index (χ2n) is 6.77. The second-order valence-corrected chi connectivity index (χ2v) is 8.93. The van der Waals surface area contributed by atoms with E-state index in [1.807, 2.05) is 30.3 Å². The number of aromatic amines is 1. The van der Waals surface area contributed by atoms with E-state index in [0.29, 0.717) is 17.7 Å². The fourth-order valence-corrected chi connectivity index (χ4v) is 5.55. The highest BCUT2D eigenvalue weighted by Gasteiger charge is 2.22. The van der Waals surface area contributed by atoms with E-state index < -0.39 is 0 Å². The van der Waals surface area contributed by atoms with Gasteiger partial charge in [0.15, 0.2) is 5.16 Å². The molecule has 0 bridgehead atoms. The van der Waals surface area contributed by atoms with Crippen LogP contribution in [0.2, 0.25) is 0 Å². The van der Waals surface area contributed by atoms with Crippen molar-refractivity contribution in [3.63, 3.8) is 0 Å². The summed E-state index contributed by atoms with van der Waals surface area (Å²) in [7, 11) is 0. The Morgan fingerprint density at radius 3 is 3.04 bits per heavy atom. The Kier molecular flexibility index (Phi) is 5.31. The number of H-pyrrole nitrogens is 1. The van der Waals surface area contributed by atoms with Gasteiger partial charge in [0.25, 0.3) is 5.56 Å². The molecule has 1 atom stereocenters. The van der Waals surface area contributed by atoms with Crippen LogP contribution in [0.5, 0.6) is 5.75 Å². The van der Waals surface area contributed by atoms with Crippen molar-refractivity contribution >= 4 is 33.3 Å². The molecule has 1 unspecified atom stereocenters. The molecule has 1 aliphatic rings. The molecule has 4 rings (SSSR count). The average molecular weight is 387 g/mol. The van der Waals surface area contributed by atoms with E-state index in [0.717, 1.165) is 47.4 Å². The van der Waals surface area contributed by atoms with Crippen molar-refractivity contribution in [1.29, 1.82) is 0 Å². The predicted octanol–water partition coefficient (Wildman–Crippen LogP) is 4.67. The maximum absolute atomic E-state index is 12.6. The zero-order valence-electron chi connectivity index (χ0n) is 14.8. The summed E-state index contributed by atoms with van der Waals surface area (Å²) in [5, 5.41) is 1.54. The van der Waals surface area contributed by atoms with Gasteiger partial charge >= 0.3 is 0 Å². The van der Waals surface area contributed by atoms with Crippen LogP contribution < -0.4 is 10.3 Å². The Morgan fingerprint density at radius 2 is 2.19 bits per heavy atom. The van der Waals surface area contributed by atoms with Crippen LogP contribution in [0, 0.1) is 5.92 Å². The molecule has 2 heterocycles. The molecule has 2 aromatic heterocycles. The Labute approximate surface area is 161 Å². The van der Waals surface area contributed by atoms with E-state index >= 15 is 0 Å². The van der Waals surface area contributed by atoms with E-state index in [2.05, 4.69) is 11.9 Å². The summed E-state index contributed by atoms with van der Waals surface area (Å²) in [5.41, 5.74) is 1.26. The van der Waals surface area contributed by atoms with Gasteiger partial charge in [0, 0.05) is 10.6 Å². The Bertz CT molecular complexity index is 950. The van der Waals surface area contributed by atoms with Crippen molar-refractivity contribution in [3.8, 4) is 5.75 Å². The number of thioether (sulfide) groups is 1. The van der Waals surface area contributed by atoms with Crippen LogP contribution in [0.25, 0.3) is 10.2 Å². The molecule has 0 amide bonds. The van der Waals surface area contributed by atoms with Gasteiger partial charge < -0.3 is 9.72 Å². The van der Waals surface area contributed by atoms with Gasteiger partial charge in [-0.2, -0.15) is 0 Å². The second kappa shape index (κ2) is 7.84.